The molecule has 0 bridgehead atoms. The zero-order chi connectivity index (χ0) is 16.4. The predicted octanol–water partition coefficient (Wildman–Crippen LogP) is 4.44. The van der Waals surface area contributed by atoms with Gasteiger partial charge in [-0.05, 0) is 80.6 Å². The van der Waals surface area contributed by atoms with Crippen LogP contribution in [0.2, 0.25) is 0 Å². The standard InChI is InChI=1S/C21H30O2/c1-13(22)17-6-7-18-16-5-4-14-12-15(23)8-10-20(14,2)19(16)9-11-21(17,18)3/h6,9,14-16,18,23H,4-5,7-8,10-12H2,1-3H3. The van der Waals surface area contributed by atoms with Crippen LogP contribution in [0, 0.1) is 28.6 Å². The molecule has 4 aliphatic rings. The van der Waals surface area contributed by atoms with E-state index in [-0.39, 0.29) is 17.3 Å². The molecule has 1 N–H and O–H groups in total. The Morgan fingerprint density at radius 2 is 1.96 bits per heavy atom. The van der Waals surface area contributed by atoms with Gasteiger partial charge in [0.1, 0.15) is 0 Å². The van der Waals surface area contributed by atoms with E-state index in [9.17, 15) is 9.90 Å². The fourth-order valence-corrected chi connectivity index (χ4v) is 6.63. The summed E-state index contributed by atoms with van der Waals surface area (Å²) in [4.78, 5) is 12.1. The van der Waals surface area contributed by atoms with Crippen molar-refractivity contribution < 1.29 is 9.90 Å². The molecule has 0 aromatic carbocycles. The average Bonchev–Trinajstić information content (AvgIpc) is 2.85. The number of aliphatic hydroxyl groups is 1. The molecule has 0 radical (unpaired) electrons. The van der Waals surface area contributed by atoms with Crippen LogP contribution in [0.3, 0.4) is 0 Å². The van der Waals surface area contributed by atoms with Crippen LogP contribution in [-0.4, -0.2) is 17.0 Å². The lowest BCUT2D eigenvalue weighted by atomic mass is 9.48. The van der Waals surface area contributed by atoms with Crippen LogP contribution >= 0.6 is 0 Å². The minimum atomic E-state index is -0.0865. The molecule has 0 saturated heterocycles. The summed E-state index contributed by atoms with van der Waals surface area (Å²) in [6.07, 6.45) is 12.3. The van der Waals surface area contributed by atoms with Crippen LogP contribution in [0.1, 0.15) is 65.7 Å². The lowest BCUT2D eigenvalue weighted by Crippen LogP contribution is -2.48. The van der Waals surface area contributed by atoms with Crippen LogP contribution in [0.15, 0.2) is 23.3 Å². The Labute approximate surface area is 140 Å². The van der Waals surface area contributed by atoms with E-state index in [0.29, 0.717) is 23.2 Å². The Hall–Kier alpha value is -0.890. The van der Waals surface area contributed by atoms with Crippen LogP contribution in [-0.2, 0) is 4.79 Å². The molecule has 4 aliphatic carbocycles. The molecule has 0 spiro atoms. The molecule has 4 rings (SSSR count). The zero-order valence-electron chi connectivity index (χ0n) is 14.8. The van der Waals surface area contributed by atoms with Crippen molar-refractivity contribution in [1.82, 2.24) is 0 Å². The molecule has 2 saturated carbocycles. The van der Waals surface area contributed by atoms with Gasteiger partial charge in [-0.15, -0.1) is 0 Å². The second kappa shape index (κ2) is 5.05. The van der Waals surface area contributed by atoms with Crippen molar-refractivity contribution in [3.05, 3.63) is 23.3 Å². The minimum absolute atomic E-state index is 0.0668. The summed E-state index contributed by atoms with van der Waals surface area (Å²) in [7, 11) is 0. The van der Waals surface area contributed by atoms with Crippen LogP contribution in [0.4, 0.5) is 0 Å². The highest BCUT2D eigenvalue weighted by Gasteiger charge is 2.55. The lowest BCUT2D eigenvalue weighted by molar-refractivity contribution is -0.115. The topological polar surface area (TPSA) is 37.3 Å². The third-order valence-corrected chi connectivity index (χ3v) is 7.96. The molecule has 6 atom stereocenters. The van der Waals surface area contributed by atoms with E-state index in [2.05, 4.69) is 26.0 Å². The molecule has 2 heteroatoms. The van der Waals surface area contributed by atoms with Crippen molar-refractivity contribution in [2.45, 2.75) is 71.8 Å². The summed E-state index contributed by atoms with van der Waals surface area (Å²) in [5.74, 6) is 2.19. The number of rotatable bonds is 1. The highest BCUT2D eigenvalue weighted by molar-refractivity contribution is 5.95. The van der Waals surface area contributed by atoms with E-state index in [1.54, 1.807) is 12.5 Å². The Kier molecular flexibility index (Phi) is 3.43. The van der Waals surface area contributed by atoms with Crippen LogP contribution in [0.5, 0.6) is 0 Å². The Morgan fingerprint density at radius 3 is 2.70 bits per heavy atom. The maximum absolute atomic E-state index is 12.1. The third-order valence-electron chi connectivity index (χ3n) is 7.96. The number of carbonyl (C=O) groups excluding carboxylic acids is 1. The number of hydrogen-bond acceptors (Lipinski definition) is 2. The van der Waals surface area contributed by atoms with Gasteiger partial charge in [-0.25, -0.2) is 0 Å². The predicted molar refractivity (Wildman–Crippen MR) is 91.9 cm³/mol. The molecule has 126 valence electrons. The minimum Gasteiger partial charge on any atom is -0.393 e. The van der Waals surface area contributed by atoms with Crippen LogP contribution in [0.25, 0.3) is 0 Å². The molecule has 2 fully saturated rings. The summed E-state index contributed by atoms with van der Waals surface area (Å²) < 4.78 is 0. The number of allylic oxidation sites excluding steroid dienone is 4. The highest BCUT2D eigenvalue weighted by atomic mass is 16.3. The van der Waals surface area contributed by atoms with Gasteiger partial charge in [0, 0.05) is 5.41 Å². The van der Waals surface area contributed by atoms with Gasteiger partial charge < -0.3 is 5.11 Å². The van der Waals surface area contributed by atoms with Crippen LogP contribution < -0.4 is 0 Å². The first-order chi connectivity index (χ1) is 10.9. The number of fused-ring (bicyclic) bond motifs is 5. The van der Waals surface area contributed by atoms with E-state index in [1.165, 1.54) is 12.8 Å². The maximum atomic E-state index is 12.1. The molecule has 0 aromatic rings. The molecule has 23 heavy (non-hydrogen) atoms. The molecule has 0 amide bonds. The molecule has 0 heterocycles. The summed E-state index contributed by atoms with van der Waals surface area (Å²) in [5, 5.41) is 10.1. The number of carbonyl (C=O) groups is 1. The number of hydrogen-bond donors (Lipinski definition) is 1. The van der Waals surface area contributed by atoms with Gasteiger partial charge in [-0.1, -0.05) is 31.6 Å². The van der Waals surface area contributed by atoms with Crippen molar-refractivity contribution in [2.75, 3.05) is 0 Å². The zero-order valence-corrected chi connectivity index (χ0v) is 14.8. The average molecular weight is 314 g/mol. The monoisotopic (exact) mass is 314 g/mol. The summed E-state index contributed by atoms with van der Waals surface area (Å²) >= 11 is 0. The van der Waals surface area contributed by atoms with Gasteiger partial charge in [-0.3, -0.25) is 4.79 Å². The van der Waals surface area contributed by atoms with Crippen molar-refractivity contribution in [3.8, 4) is 0 Å². The van der Waals surface area contributed by atoms with Gasteiger partial charge in [-0.2, -0.15) is 0 Å². The molecule has 2 nitrogen and oxygen atoms in total. The van der Waals surface area contributed by atoms with E-state index in [1.807, 2.05) is 0 Å². The molecule has 6 unspecified atom stereocenters. The normalized spacial score (nSPS) is 48.7. The van der Waals surface area contributed by atoms with Gasteiger partial charge in [0.15, 0.2) is 5.78 Å². The molecular formula is C21H30O2. The Bertz CT molecular complexity index is 601. The van der Waals surface area contributed by atoms with Gasteiger partial charge in [0.2, 0.25) is 0 Å². The molecular weight excluding hydrogens is 284 g/mol. The third kappa shape index (κ3) is 2.06. The number of ketones is 1. The first-order valence-electron chi connectivity index (χ1n) is 9.46. The van der Waals surface area contributed by atoms with Gasteiger partial charge in [0.25, 0.3) is 0 Å². The second-order valence-electron chi connectivity index (χ2n) is 9.02. The summed E-state index contributed by atoms with van der Waals surface area (Å²) in [6, 6.07) is 0. The molecule has 0 aromatic heterocycles. The van der Waals surface area contributed by atoms with Gasteiger partial charge in [0.05, 0.1) is 6.10 Å². The smallest absolute Gasteiger partial charge is 0.156 e. The largest absolute Gasteiger partial charge is 0.393 e. The fourth-order valence-electron chi connectivity index (χ4n) is 6.63. The summed E-state index contributed by atoms with van der Waals surface area (Å²) in [6.45, 7) is 6.52. The fraction of sp³-hybridized carbons (Fsp3) is 0.762. The highest BCUT2D eigenvalue weighted by Crippen LogP contribution is 2.64. The first-order valence-corrected chi connectivity index (χ1v) is 9.46. The second-order valence-corrected chi connectivity index (χ2v) is 9.02. The van der Waals surface area contributed by atoms with Crippen molar-refractivity contribution >= 4 is 5.78 Å². The van der Waals surface area contributed by atoms with Crippen molar-refractivity contribution in [1.29, 1.82) is 0 Å². The van der Waals surface area contributed by atoms with E-state index in [0.717, 1.165) is 37.7 Å². The first kappa shape index (κ1) is 15.6. The van der Waals surface area contributed by atoms with E-state index >= 15 is 0 Å². The molecule has 0 aliphatic heterocycles. The van der Waals surface area contributed by atoms with Crippen molar-refractivity contribution in [3.63, 3.8) is 0 Å². The number of aliphatic hydroxyl groups excluding tert-OH is 1. The van der Waals surface area contributed by atoms with Crippen molar-refractivity contribution in [2.24, 2.45) is 28.6 Å². The SMILES string of the molecule is CC(=O)C1=CCC2C3CCC4CC(O)CCC4(C)C3=CCC12C. The number of Topliss-reactive ketones (excluding diaryl/α,β-unsaturated/α-hetero) is 1. The Balaban J connectivity index is 1.69. The summed E-state index contributed by atoms with van der Waals surface area (Å²) in [5.41, 5.74) is 3.13. The maximum Gasteiger partial charge on any atom is 0.156 e. The lowest BCUT2D eigenvalue weighted by Gasteiger charge is -2.56. The Morgan fingerprint density at radius 1 is 1.17 bits per heavy atom. The van der Waals surface area contributed by atoms with E-state index < -0.39 is 0 Å². The van der Waals surface area contributed by atoms with Gasteiger partial charge >= 0.3 is 0 Å². The quantitative estimate of drug-likeness (QED) is 0.727. The van der Waals surface area contributed by atoms with E-state index in [4.69, 9.17) is 0 Å².